The topological polar surface area (TPSA) is 77.6 Å². The lowest BCUT2D eigenvalue weighted by molar-refractivity contribution is -0.141. The van der Waals surface area contributed by atoms with E-state index < -0.39 is 0 Å². The van der Waals surface area contributed by atoms with Gasteiger partial charge in [0.1, 0.15) is 0 Å². The number of carbonyl (C=O) groups excluding carboxylic acids is 2. The van der Waals surface area contributed by atoms with Crippen molar-refractivity contribution in [2.75, 3.05) is 84.3 Å². The number of benzene rings is 1. The van der Waals surface area contributed by atoms with Crippen molar-refractivity contribution in [1.82, 2.24) is 20.1 Å². The minimum Gasteiger partial charge on any atom is -0.383 e. The molecule has 1 aromatic carbocycles. The van der Waals surface area contributed by atoms with Gasteiger partial charge in [-0.2, -0.15) is 0 Å². The van der Waals surface area contributed by atoms with Gasteiger partial charge >= 0.3 is 0 Å². The molecule has 0 spiro atoms. The Morgan fingerprint density at radius 1 is 1.03 bits per heavy atom. The van der Waals surface area contributed by atoms with Crippen LogP contribution in [-0.2, 0) is 19.1 Å². The number of hydrogen-bond donors (Lipinski definition) is 1. The number of para-hydroxylation sites is 1. The smallest absolute Gasteiger partial charge is 0.247 e. The van der Waals surface area contributed by atoms with E-state index in [1.807, 2.05) is 42.2 Å². The highest BCUT2D eigenvalue weighted by atomic mass is 16.5. The second-order valence-corrected chi connectivity index (χ2v) is 8.99. The molecule has 182 valence electrons. The molecule has 3 atom stereocenters. The first-order valence-corrected chi connectivity index (χ1v) is 12.1. The summed E-state index contributed by atoms with van der Waals surface area (Å²) in [6.45, 7) is 10.1. The molecule has 3 aliphatic heterocycles. The van der Waals surface area contributed by atoms with Gasteiger partial charge in [-0.3, -0.25) is 19.4 Å². The lowest BCUT2D eigenvalue weighted by Gasteiger charge is -2.42. The van der Waals surface area contributed by atoms with Crippen molar-refractivity contribution in [1.29, 1.82) is 0 Å². The first kappa shape index (κ1) is 24.1. The number of methoxy groups -OCH3 is 1. The number of amides is 2. The highest BCUT2D eigenvalue weighted by Gasteiger charge is 2.51. The number of likely N-dealkylation sites (tertiary alicyclic amines) is 1. The molecule has 4 rings (SSSR count). The van der Waals surface area contributed by atoms with Crippen LogP contribution < -0.4 is 10.4 Å². The van der Waals surface area contributed by atoms with E-state index in [-0.39, 0.29) is 29.7 Å². The van der Waals surface area contributed by atoms with E-state index in [4.69, 9.17) is 9.47 Å². The van der Waals surface area contributed by atoms with E-state index in [0.717, 1.165) is 38.5 Å². The summed E-state index contributed by atoms with van der Waals surface area (Å²) in [5.74, 6) is -0.343. The van der Waals surface area contributed by atoms with E-state index in [1.165, 1.54) is 0 Å². The average molecular weight is 460 g/mol. The molecule has 3 fully saturated rings. The summed E-state index contributed by atoms with van der Waals surface area (Å²) in [7, 11) is 1.68. The zero-order chi connectivity index (χ0) is 23.2. The van der Waals surface area contributed by atoms with Crippen molar-refractivity contribution < 1.29 is 19.1 Å². The van der Waals surface area contributed by atoms with Gasteiger partial charge in [0.2, 0.25) is 11.8 Å². The first-order chi connectivity index (χ1) is 16.1. The van der Waals surface area contributed by atoms with Crippen LogP contribution in [0.2, 0.25) is 0 Å². The summed E-state index contributed by atoms with van der Waals surface area (Å²) in [6.07, 6.45) is 0. The fourth-order valence-electron chi connectivity index (χ4n) is 5.11. The van der Waals surface area contributed by atoms with Gasteiger partial charge in [-0.25, -0.2) is 10.4 Å². The van der Waals surface area contributed by atoms with E-state index in [0.29, 0.717) is 39.3 Å². The van der Waals surface area contributed by atoms with Gasteiger partial charge < -0.3 is 14.4 Å². The predicted molar refractivity (Wildman–Crippen MR) is 126 cm³/mol. The lowest BCUT2D eigenvalue weighted by Crippen LogP contribution is -2.60. The number of ether oxygens (including phenoxy) is 2. The number of nitrogens with zero attached hydrogens (tertiary/aromatic N) is 4. The van der Waals surface area contributed by atoms with Crippen molar-refractivity contribution in [3.63, 3.8) is 0 Å². The molecule has 9 nitrogen and oxygen atoms in total. The molecule has 0 aliphatic carbocycles. The number of rotatable bonds is 9. The van der Waals surface area contributed by atoms with Crippen LogP contribution in [0.3, 0.4) is 0 Å². The summed E-state index contributed by atoms with van der Waals surface area (Å²) in [5, 5.41) is 1.64. The predicted octanol–water partition coefficient (Wildman–Crippen LogP) is 0.282. The maximum atomic E-state index is 13.7. The van der Waals surface area contributed by atoms with Crippen LogP contribution in [0.15, 0.2) is 30.3 Å². The highest BCUT2D eigenvalue weighted by Crippen LogP contribution is 2.32. The van der Waals surface area contributed by atoms with Crippen molar-refractivity contribution in [3.05, 3.63) is 30.3 Å². The molecule has 33 heavy (non-hydrogen) atoms. The van der Waals surface area contributed by atoms with Gasteiger partial charge in [-0.15, -0.1) is 0 Å². The number of fused-ring (bicyclic) bond motifs is 1. The number of hydrogen-bond acceptors (Lipinski definition) is 7. The summed E-state index contributed by atoms with van der Waals surface area (Å²) < 4.78 is 10.7. The fourth-order valence-corrected chi connectivity index (χ4v) is 5.11. The minimum atomic E-state index is -0.270. The molecular formula is C24H37N5O4. The molecule has 9 heteroatoms. The van der Waals surface area contributed by atoms with Crippen LogP contribution >= 0.6 is 0 Å². The molecule has 0 bridgehead atoms. The largest absolute Gasteiger partial charge is 0.383 e. The average Bonchev–Trinajstić information content (AvgIpc) is 3.19. The van der Waals surface area contributed by atoms with E-state index >= 15 is 0 Å². The monoisotopic (exact) mass is 459 g/mol. The fraction of sp³-hybridized carbons (Fsp3) is 0.667. The van der Waals surface area contributed by atoms with Gasteiger partial charge in [0.25, 0.3) is 0 Å². The Morgan fingerprint density at radius 3 is 2.45 bits per heavy atom. The number of anilines is 1. The molecule has 0 radical (unpaired) electrons. The normalized spacial score (nSPS) is 26.6. The summed E-state index contributed by atoms with van der Waals surface area (Å²) in [5.41, 5.74) is 4.21. The summed E-state index contributed by atoms with van der Waals surface area (Å²) in [4.78, 5) is 33.6. The number of nitrogens with one attached hydrogen (secondary N) is 1. The molecule has 1 N–H and O–H groups in total. The number of piperidine rings is 1. The molecule has 3 heterocycles. The van der Waals surface area contributed by atoms with Gasteiger partial charge in [0.05, 0.1) is 36.8 Å². The lowest BCUT2D eigenvalue weighted by atomic mass is 9.83. The quantitative estimate of drug-likeness (QED) is 0.532. The van der Waals surface area contributed by atoms with Crippen LogP contribution in [0, 0.1) is 11.8 Å². The van der Waals surface area contributed by atoms with Crippen molar-refractivity contribution in [2.24, 2.45) is 11.8 Å². The Kier molecular flexibility index (Phi) is 8.32. The van der Waals surface area contributed by atoms with Gasteiger partial charge in [0, 0.05) is 66.1 Å². The van der Waals surface area contributed by atoms with Gasteiger partial charge in [-0.05, 0) is 19.1 Å². The van der Waals surface area contributed by atoms with Crippen molar-refractivity contribution in [3.8, 4) is 0 Å². The second kappa shape index (κ2) is 11.4. The van der Waals surface area contributed by atoms with Crippen molar-refractivity contribution in [2.45, 2.75) is 13.0 Å². The minimum absolute atomic E-state index is 0.0341. The van der Waals surface area contributed by atoms with E-state index in [9.17, 15) is 9.59 Å². The van der Waals surface area contributed by atoms with Crippen LogP contribution in [0.1, 0.15) is 6.92 Å². The molecular weight excluding hydrogens is 422 g/mol. The number of piperazine rings is 1. The Bertz CT molecular complexity index is 786. The third-order valence-electron chi connectivity index (χ3n) is 6.98. The molecule has 3 saturated heterocycles. The maximum Gasteiger partial charge on any atom is 0.247 e. The highest BCUT2D eigenvalue weighted by molar-refractivity contribution is 5.98. The molecule has 3 unspecified atom stereocenters. The molecule has 3 aliphatic rings. The Hall–Kier alpha value is -2.04. The molecule has 0 aromatic heterocycles. The Labute approximate surface area is 196 Å². The Morgan fingerprint density at radius 2 is 1.76 bits per heavy atom. The van der Waals surface area contributed by atoms with Crippen LogP contribution in [-0.4, -0.2) is 112 Å². The number of hydrazine groups is 1. The third-order valence-corrected chi connectivity index (χ3v) is 6.98. The number of carbonyl (C=O) groups is 2. The standard InChI is InChI=1S/C24H37N5O4/c1-3-33-16-14-26-9-11-28(12-10-26)23(30)20-17-27(13-15-32-2)18-21-22(20)25-29(24(21)31)19-7-5-4-6-8-19/h4-8,20-22,25H,3,9-18H2,1-2H3. The Balaban J connectivity index is 1.45. The molecule has 0 saturated carbocycles. The van der Waals surface area contributed by atoms with E-state index in [2.05, 4.69) is 15.2 Å². The van der Waals surface area contributed by atoms with Crippen molar-refractivity contribution >= 4 is 17.5 Å². The van der Waals surface area contributed by atoms with E-state index in [1.54, 1.807) is 12.1 Å². The van der Waals surface area contributed by atoms with Gasteiger partial charge in [0.15, 0.2) is 0 Å². The SMILES string of the molecule is CCOCCN1CCN(C(=O)C2CN(CCOC)CC3C(=O)N(c4ccccc4)NC23)CC1. The summed E-state index contributed by atoms with van der Waals surface area (Å²) >= 11 is 0. The second-order valence-electron chi connectivity index (χ2n) is 8.99. The van der Waals surface area contributed by atoms with Crippen LogP contribution in [0.5, 0.6) is 0 Å². The summed E-state index contributed by atoms with van der Waals surface area (Å²) in [6, 6.07) is 9.42. The van der Waals surface area contributed by atoms with Crippen LogP contribution in [0.25, 0.3) is 0 Å². The first-order valence-electron chi connectivity index (χ1n) is 12.1. The molecule has 1 aromatic rings. The molecule has 2 amide bonds. The zero-order valence-corrected chi connectivity index (χ0v) is 19.8. The third kappa shape index (κ3) is 5.55. The maximum absolute atomic E-state index is 13.7. The van der Waals surface area contributed by atoms with Crippen LogP contribution in [0.4, 0.5) is 5.69 Å². The van der Waals surface area contributed by atoms with Gasteiger partial charge in [-0.1, -0.05) is 18.2 Å². The zero-order valence-electron chi connectivity index (χ0n) is 19.8.